The monoisotopic (exact) mass is 438 g/mol. The molecule has 31 heavy (non-hydrogen) atoms. The standard InChI is InChI=1S/C19H21F3N6O3/c1-10-16-17(28(2)8-14(29)26-16)27-18(24-10)25-12-5-11(6-12)9-30-13-3-4-15(23-7-13)31-19(20,21)22/h3-4,7,11-12H,5-6,8-9H2,1-2H3,(H,26,29)(H,24,25,27). The molecule has 4 rings (SSSR count). The SMILES string of the molecule is Cc1nc(NC2CC(COc3ccc(OC(F)(F)F)nc3)C2)nc2c1NC(=O)CN2C. The lowest BCUT2D eigenvalue weighted by Gasteiger charge is -2.36. The van der Waals surface area contributed by atoms with Crippen LogP contribution in [-0.2, 0) is 4.79 Å². The molecule has 0 saturated heterocycles. The van der Waals surface area contributed by atoms with Crippen LogP contribution >= 0.6 is 0 Å². The van der Waals surface area contributed by atoms with E-state index in [1.165, 1.54) is 12.3 Å². The fourth-order valence-corrected chi connectivity index (χ4v) is 3.53. The highest BCUT2D eigenvalue weighted by molar-refractivity contribution is 6.00. The first-order valence-corrected chi connectivity index (χ1v) is 9.67. The van der Waals surface area contributed by atoms with Crippen molar-refractivity contribution in [3.63, 3.8) is 0 Å². The van der Waals surface area contributed by atoms with E-state index in [-0.39, 0.29) is 18.5 Å². The third kappa shape index (κ3) is 5.06. The smallest absolute Gasteiger partial charge is 0.492 e. The zero-order valence-electron chi connectivity index (χ0n) is 16.9. The van der Waals surface area contributed by atoms with Crippen molar-refractivity contribution in [2.75, 3.05) is 35.7 Å². The number of amides is 1. The predicted molar refractivity (Wildman–Crippen MR) is 105 cm³/mol. The summed E-state index contributed by atoms with van der Waals surface area (Å²) >= 11 is 0. The molecule has 1 aliphatic carbocycles. The van der Waals surface area contributed by atoms with E-state index in [0.717, 1.165) is 18.9 Å². The largest absolute Gasteiger partial charge is 0.574 e. The molecule has 2 N–H and O–H groups in total. The third-order valence-corrected chi connectivity index (χ3v) is 5.06. The average Bonchev–Trinajstić information content (AvgIpc) is 2.64. The van der Waals surface area contributed by atoms with Crippen LogP contribution < -0.4 is 25.0 Å². The molecule has 1 saturated carbocycles. The van der Waals surface area contributed by atoms with Gasteiger partial charge in [-0.3, -0.25) is 4.79 Å². The zero-order valence-corrected chi connectivity index (χ0v) is 16.9. The molecule has 0 unspecified atom stereocenters. The van der Waals surface area contributed by atoms with Gasteiger partial charge in [-0.05, 0) is 31.7 Å². The van der Waals surface area contributed by atoms with Crippen molar-refractivity contribution >= 4 is 23.4 Å². The molecular formula is C19H21F3N6O3. The Hall–Kier alpha value is -3.31. The summed E-state index contributed by atoms with van der Waals surface area (Å²) in [5.41, 5.74) is 1.32. The first kappa shape index (κ1) is 20.9. The number of hydrogen-bond donors (Lipinski definition) is 2. The Morgan fingerprint density at radius 3 is 2.74 bits per heavy atom. The number of nitrogens with one attached hydrogen (secondary N) is 2. The third-order valence-electron chi connectivity index (χ3n) is 5.06. The minimum atomic E-state index is -4.77. The quantitative estimate of drug-likeness (QED) is 0.710. The Bertz CT molecular complexity index is 964. The molecular weight excluding hydrogens is 417 g/mol. The molecule has 3 heterocycles. The second-order valence-electron chi connectivity index (χ2n) is 7.61. The number of aryl methyl sites for hydroxylation is 1. The summed E-state index contributed by atoms with van der Waals surface area (Å²) in [6, 6.07) is 2.69. The van der Waals surface area contributed by atoms with Crippen molar-refractivity contribution in [2.24, 2.45) is 5.92 Å². The number of fused-ring (bicyclic) bond motifs is 1. The summed E-state index contributed by atoms with van der Waals surface area (Å²) in [5.74, 6) is 1.24. The van der Waals surface area contributed by atoms with Gasteiger partial charge < -0.3 is 25.0 Å². The highest BCUT2D eigenvalue weighted by Crippen LogP contribution is 2.33. The van der Waals surface area contributed by atoms with Crippen LogP contribution in [0.25, 0.3) is 0 Å². The number of carbonyl (C=O) groups excluding carboxylic acids is 1. The maximum atomic E-state index is 12.2. The summed E-state index contributed by atoms with van der Waals surface area (Å²) in [7, 11) is 1.81. The Morgan fingerprint density at radius 2 is 2.06 bits per heavy atom. The van der Waals surface area contributed by atoms with E-state index in [1.54, 1.807) is 11.9 Å². The number of halogens is 3. The topological polar surface area (TPSA) is 102 Å². The number of pyridine rings is 1. The lowest BCUT2D eigenvalue weighted by Crippen LogP contribution is -2.40. The summed E-state index contributed by atoms with van der Waals surface area (Å²) in [6.45, 7) is 2.49. The molecule has 0 spiro atoms. The normalized spacial score (nSPS) is 20.4. The molecule has 9 nitrogen and oxygen atoms in total. The van der Waals surface area contributed by atoms with Gasteiger partial charge >= 0.3 is 6.36 Å². The number of likely N-dealkylation sites (N-methyl/N-ethyl adjacent to an activating group) is 1. The van der Waals surface area contributed by atoms with Crippen LogP contribution in [0.3, 0.4) is 0 Å². The predicted octanol–water partition coefficient (Wildman–Crippen LogP) is 2.74. The van der Waals surface area contributed by atoms with Gasteiger partial charge in [0.2, 0.25) is 17.7 Å². The average molecular weight is 438 g/mol. The number of alkyl halides is 3. The van der Waals surface area contributed by atoms with Crippen molar-refractivity contribution < 1.29 is 27.4 Å². The summed E-state index contributed by atoms with van der Waals surface area (Å²) in [4.78, 5) is 26.0. The highest BCUT2D eigenvalue weighted by atomic mass is 19.4. The number of rotatable bonds is 6. The van der Waals surface area contributed by atoms with Gasteiger partial charge in [0, 0.05) is 19.2 Å². The van der Waals surface area contributed by atoms with Crippen molar-refractivity contribution in [1.82, 2.24) is 15.0 Å². The molecule has 2 aliphatic rings. The van der Waals surface area contributed by atoms with E-state index in [9.17, 15) is 18.0 Å². The van der Waals surface area contributed by atoms with Crippen molar-refractivity contribution in [3.05, 3.63) is 24.0 Å². The van der Waals surface area contributed by atoms with Crippen molar-refractivity contribution in [1.29, 1.82) is 0 Å². The molecule has 1 amide bonds. The number of anilines is 3. The van der Waals surface area contributed by atoms with Gasteiger partial charge in [-0.15, -0.1) is 13.2 Å². The molecule has 166 valence electrons. The minimum Gasteiger partial charge on any atom is -0.492 e. The molecule has 0 atom stereocenters. The summed E-state index contributed by atoms with van der Waals surface area (Å²) in [6.07, 6.45) is -1.88. The van der Waals surface area contributed by atoms with Gasteiger partial charge in [-0.1, -0.05) is 0 Å². The Morgan fingerprint density at radius 1 is 1.29 bits per heavy atom. The molecule has 0 bridgehead atoms. The van der Waals surface area contributed by atoms with Crippen LogP contribution in [0.5, 0.6) is 11.6 Å². The lowest BCUT2D eigenvalue weighted by atomic mass is 9.81. The van der Waals surface area contributed by atoms with Gasteiger partial charge in [0.25, 0.3) is 0 Å². The molecule has 1 aliphatic heterocycles. The molecule has 12 heteroatoms. The van der Waals surface area contributed by atoms with Gasteiger partial charge in [0.1, 0.15) is 11.4 Å². The number of carbonyl (C=O) groups is 1. The van der Waals surface area contributed by atoms with Crippen LogP contribution in [0, 0.1) is 12.8 Å². The van der Waals surface area contributed by atoms with Gasteiger partial charge in [0.15, 0.2) is 5.82 Å². The second kappa shape index (κ2) is 8.08. The first-order chi connectivity index (χ1) is 14.7. The lowest BCUT2D eigenvalue weighted by molar-refractivity contribution is -0.276. The Kier molecular flexibility index (Phi) is 5.46. The van der Waals surface area contributed by atoms with Gasteiger partial charge in [-0.2, -0.15) is 4.98 Å². The van der Waals surface area contributed by atoms with E-state index in [4.69, 9.17) is 4.74 Å². The van der Waals surface area contributed by atoms with E-state index < -0.39 is 12.2 Å². The number of hydrogen-bond acceptors (Lipinski definition) is 8. The van der Waals surface area contributed by atoms with E-state index in [2.05, 4.69) is 30.3 Å². The van der Waals surface area contributed by atoms with Gasteiger partial charge in [-0.25, -0.2) is 9.97 Å². The van der Waals surface area contributed by atoms with E-state index >= 15 is 0 Å². The highest BCUT2D eigenvalue weighted by Gasteiger charge is 2.32. The Balaban J connectivity index is 1.25. The van der Waals surface area contributed by atoms with Crippen LogP contribution in [0.15, 0.2) is 18.3 Å². The van der Waals surface area contributed by atoms with Crippen LogP contribution in [-0.4, -0.2) is 53.5 Å². The zero-order chi connectivity index (χ0) is 22.2. The molecule has 2 aromatic rings. The molecule has 1 fully saturated rings. The Labute approximate surface area is 176 Å². The fourth-order valence-electron chi connectivity index (χ4n) is 3.53. The number of nitrogens with zero attached hydrogens (tertiary/aromatic N) is 4. The van der Waals surface area contributed by atoms with Crippen LogP contribution in [0.4, 0.5) is 30.6 Å². The maximum Gasteiger partial charge on any atom is 0.574 e. The van der Waals surface area contributed by atoms with Crippen molar-refractivity contribution in [3.8, 4) is 11.6 Å². The van der Waals surface area contributed by atoms with Crippen LogP contribution in [0.1, 0.15) is 18.5 Å². The van der Waals surface area contributed by atoms with Gasteiger partial charge in [0.05, 0.1) is 25.0 Å². The van der Waals surface area contributed by atoms with E-state index in [0.29, 0.717) is 41.4 Å². The molecule has 0 radical (unpaired) electrons. The first-order valence-electron chi connectivity index (χ1n) is 9.67. The number of ether oxygens (including phenoxy) is 2. The second-order valence-corrected chi connectivity index (χ2v) is 7.61. The van der Waals surface area contributed by atoms with Crippen molar-refractivity contribution in [2.45, 2.75) is 32.2 Å². The summed E-state index contributed by atoms with van der Waals surface area (Å²) in [5, 5.41) is 6.11. The molecule has 0 aromatic carbocycles. The minimum absolute atomic E-state index is 0.0954. The fraction of sp³-hybridized carbons (Fsp3) is 0.474. The molecule has 2 aromatic heterocycles. The number of aromatic nitrogens is 3. The van der Waals surface area contributed by atoms with E-state index in [1.807, 2.05) is 6.92 Å². The summed E-state index contributed by atoms with van der Waals surface area (Å²) < 4.78 is 45.8. The van der Waals surface area contributed by atoms with Crippen LogP contribution in [0.2, 0.25) is 0 Å². The maximum absolute atomic E-state index is 12.2.